The highest BCUT2D eigenvalue weighted by atomic mass is 16.1. The van der Waals surface area contributed by atoms with Crippen LogP contribution in [-0.2, 0) is 4.79 Å². The van der Waals surface area contributed by atoms with E-state index < -0.39 is 0 Å². The maximum absolute atomic E-state index is 11.7. The van der Waals surface area contributed by atoms with E-state index >= 15 is 0 Å². The zero-order chi connectivity index (χ0) is 17.5. The van der Waals surface area contributed by atoms with Crippen molar-refractivity contribution in [1.29, 1.82) is 0 Å². The fourth-order valence-electron chi connectivity index (χ4n) is 2.09. The first kappa shape index (κ1) is 16.6. The summed E-state index contributed by atoms with van der Waals surface area (Å²) in [6.45, 7) is 2.05. The molecule has 1 N–H and O–H groups in total. The number of nitrogens with zero attached hydrogens (tertiary/aromatic N) is 6. The molecule has 3 aromatic rings. The van der Waals surface area contributed by atoms with Crippen LogP contribution >= 0.6 is 0 Å². The Morgan fingerprint density at radius 3 is 2.24 bits per heavy atom. The summed E-state index contributed by atoms with van der Waals surface area (Å²) in [5, 5.41) is 19.0. The van der Waals surface area contributed by atoms with E-state index in [1.807, 2.05) is 19.1 Å². The molecule has 0 fully saturated rings. The lowest BCUT2D eigenvalue weighted by molar-refractivity contribution is -0.116. The highest BCUT2D eigenvalue weighted by Crippen LogP contribution is 2.15. The average molecular weight is 335 g/mol. The first-order chi connectivity index (χ1) is 12.3. The molecule has 0 aliphatic carbocycles. The standard InChI is InChI=1S/C17H17N7O/c1-2-3-7-15(25)20-12-8-9-14(19-11-12)17-23-21-16(22-24-17)13-6-4-5-10-18-13/h4-6,8-11H,2-3,7H2,1H3,(H,20,25). The Balaban J connectivity index is 1.69. The number of nitrogens with one attached hydrogen (secondary N) is 1. The SMILES string of the molecule is CCCCC(=O)Nc1ccc(-c2nnc(-c3ccccn3)nn2)nc1. The monoisotopic (exact) mass is 335 g/mol. The van der Waals surface area contributed by atoms with Gasteiger partial charge in [0.15, 0.2) is 0 Å². The van der Waals surface area contributed by atoms with Crippen molar-refractivity contribution in [2.75, 3.05) is 5.32 Å². The minimum atomic E-state index is -0.0179. The zero-order valence-corrected chi connectivity index (χ0v) is 13.8. The predicted octanol–water partition coefficient (Wildman–Crippen LogP) is 2.52. The number of carbonyl (C=O) groups is 1. The number of unbranched alkanes of at least 4 members (excludes halogenated alkanes) is 1. The van der Waals surface area contributed by atoms with Gasteiger partial charge in [-0.1, -0.05) is 19.4 Å². The average Bonchev–Trinajstić information content (AvgIpc) is 2.68. The zero-order valence-electron chi connectivity index (χ0n) is 13.8. The first-order valence-corrected chi connectivity index (χ1v) is 8.01. The molecule has 0 radical (unpaired) electrons. The van der Waals surface area contributed by atoms with Crippen LogP contribution in [0.1, 0.15) is 26.2 Å². The lowest BCUT2D eigenvalue weighted by atomic mass is 10.2. The molecule has 0 saturated carbocycles. The van der Waals surface area contributed by atoms with Gasteiger partial charge in [0.1, 0.15) is 11.4 Å². The summed E-state index contributed by atoms with van der Waals surface area (Å²) < 4.78 is 0. The van der Waals surface area contributed by atoms with Crippen molar-refractivity contribution in [2.45, 2.75) is 26.2 Å². The van der Waals surface area contributed by atoms with Crippen molar-refractivity contribution in [3.05, 3.63) is 42.7 Å². The summed E-state index contributed by atoms with van der Waals surface area (Å²) in [5.74, 6) is 0.642. The Morgan fingerprint density at radius 1 is 0.960 bits per heavy atom. The summed E-state index contributed by atoms with van der Waals surface area (Å²) in [5.41, 5.74) is 1.77. The summed E-state index contributed by atoms with van der Waals surface area (Å²) in [6.07, 6.45) is 5.57. The molecule has 0 aliphatic heterocycles. The second-order valence-electron chi connectivity index (χ2n) is 5.35. The molecule has 3 rings (SSSR count). The highest BCUT2D eigenvalue weighted by Gasteiger charge is 2.09. The van der Waals surface area contributed by atoms with E-state index in [9.17, 15) is 4.79 Å². The maximum atomic E-state index is 11.7. The smallest absolute Gasteiger partial charge is 0.224 e. The molecule has 0 atom stereocenters. The fourth-order valence-corrected chi connectivity index (χ4v) is 2.09. The van der Waals surface area contributed by atoms with Crippen LogP contribution in [0.4, 0.5) is 5.69 Å². The number of hydrogen-bond acceptors (Lipinski definition) is 7. The fraction of sp³-hybridized carbons (Fsp3) is 0.235. The molecule has 3 aromatic heterocycles. The van der Waals surface area contributed by atoms with Crippen LogP contribution in [0.3, 0.4) is 0 Å². The molecule has 0 aliphatic rings. The largest absolute Gasteiger partial charge is 0.325 e. The molecular formula is C17H17N7O. The van der Waals surface area contributed by atoms with Crippen molar-refractivity contribution in [3.8, 4) is 23.0 Å². The normalized spacial score (nSPS) is 10.4. The number of amides is 1. The van der Waals surface area contributed by atoms with Gasteiger partial charge < -0.3 is 5.32 Å². The van der Waals surface area contributed by atoms with Gasteiger partial charge in [0.05, 0.1) is 11.9 Å². The highest BCUT2D eigenvalue weighted by molar-refractivity contribution is 5.90. The molecular weight excluding hydrogens is 318 g/mol. The molecule has 0 saturated heterocycles. The van der Waals surface area contributed by atoms with E-state index in [4.69, 9.17) is 0 Å². The quantitative estimate of drug-likeness (QED) is 0.737. The van der Waals surface area contributed by atoms with Gasteiger partial charge in [0.2, 0.25) is 17.6 Å². The van der Waals surface area contributed by atoms with Crippen molar-refractivity contribution in [3.63, 3.8) is 0 Å². The van der Waals surface area contributed by atoms with Crippen LogP contribution in [0.2, 0.25) is 0 Å². The summed E-state index contributed by atoms with van der Waals surface area (Å²) in [7, 11) is 0. The van der Waals surface area contributed by atoms with E-state index in [2.05, 4.69) is 35.7 Å². The van der Waals surface area contributed by atoms with Crippen LogP contribution in [0.25, 0.3) is 23.0 Å². The first-order valence-electron chi connectivity index (χ1n) is 8.01. The van der Waals surface area contributed by atoms with Gasteiger partial charge in [-0.15, -0.1) is 20.4 Å². The number of anilines is 1. The third kappa shape index (κ3) is 4.37. The second-order valence-corrected chi connectivity index (χ2v) is 5.35. The molecule has 8 heteroatoms. The van der Waals surface area contributed by atoms with Gasteiger partial charge >= 0.3 is 0 Å². The summed E-state index contributed by atoms with van der Waals surface area (Å²) >= 11 is 0. The van der Waals surface area contributed by atoms with Gasteiger partial charge in [-0.25, -0.2) is 0 Å². The number of hydrogen-bond donors (Lipinski definition) is 1. The number of aromatic nitrogens is 6. The molecule has 0 bridgehead atoms. The lowest BCUT2D eigenvalue weighted by Crippen LogP contribution is -2.11. The Hall–Kier alpha value is -3.29. The number of carbonyl (C=O) groups excluding carboxylic acids is 1. The molecule has 0 spiro atoms. The Kier molecular flexibility index (Phi) is 5.30. The van der Waals surface area contributed by atoms with Gasteiger partial charge in [0.25, 0.3) is 0 Å². The second kappa shape index (κ2) is 8.00. The molecule has 25 heavy (non-hydrogen) atoms. The topological polar surface area (TPSA) is 106 Å². The molecule has 0 aromatic carbocycles. The number of rotatable bonds is 6. The molecule has 3 heterocycles. The lowest BCUT2D eigenvalue weighted by Gasteiger charge is -2.05. The third-order valence-electron chi connectivity index (χ3n) is 3.41. The van der Waals surface area contributed by atoms with Crippen LogP contribution in [-0.4, -0.2) is 36.3 Å². The van der Waals surface area contributed by atoms with E-state index in [0.29, 0.717) is 35.1 Å². The van der Waals surface area contributed by atoms with E-state index in [1.165, 1.54) is 0 Å². The molecule has 1 amide bonds. The van der Waals surface area contributed by atoms with Crippen molar-refractivity contribution >= 4 is 11.6 Å². The van der Waals surface area contributed by atoms with Crippen LogP contribution in [0, 0.1) is 0 Å². The Labute approximate surface area is 144 Å². The molecule has 126 valence electrons. The summed E-state index contributed by atoms with van der Waals surface area (Å²) in [4.78, 5) is 20.1. The minimum Gasteiger partial charge on any atom is -0.325 e. The van der Waals surface area contributed by atoms with Crippen molar-refractivity contribution in [2.24, 2.45) is 0 Å². The van der Waals surface area contributed by atoms with Gasteiger partial charge in [-0.05, 0) is 30.7 Å². The predicted molar refractivity (Wildman–Crippen MR) is 92.2 cm³/mol. The minimum absolute atomic E-state index is 0.0179. The van der Waals surface area contributed by atoms with Gasteiger partial charge in [-0.2, -0.15) is 0 Å². The Bertz CT molecular complexity index is 820. The molecule has 8 nitrogen and oxygen atoms in total. The van der Waals surface area contributed by atoms with Gasteiger partial charge in [0, 0.05) is 12.6 Å². The van der Waals surface area contributed by atoms with Gasteiger partial charge in [-0.3, -0.25) is 14.8 Å². The van der Waals surface area contributed by atoms with Crippen LogP contribution in [0.5, 0.6) is 0 Å². The third-order valence-corrected chi connectivity index (χ3v) is 3.41. The van der Waals surface area contributed by atoms with E-state index in [0.717, 1.165) is 12.8 Å². The Morgan fingerprint density at radius 2 is 1.68 bits per heavy atom. The van der Waals surface area contributed by atoms with Crippen LogP contribution < -0.4 is 5.32 Å². The van der Waals surface area contributed by atoms with E-state index in [1.54, 1.807) is 30.6 Å². The van der Waals surface area contributed by atoms with Crippen molar-refractivity contribution in [1.82, 2.24) is 30.4 Å². The maximum Gasteiger partial charge on any atom is 0.224 e. The molecule has 0 unspecified atom stereocenters. The summed E-state index contributed by atoms with van der Waals surface area (Å²) in [6, 6.07) is 8.91. The van der Waals surface area contributed by atoms with E-state index in [-0.39, 0.29) is 5.91 Å². The van der Waals surface area contributed by atoms with Crippen LogP contribution in [0.15, 0.2) is 42.7 Å². The number of pyridine rings is 2. The van der Waals surface area contributed by atoms with Crippen molar-refractivity contribution < 1.29 is 4.79 Å².